The summed E-state index contributed by atoms with van der Waals surface area (Å²) in [5.41, 5.74) is -2.04. The van der Waals surface area contributed by atoms with Gasteiger partial charge in [-0.3, -0.25) is 13.9 Å². The highest BCUT2D eigenvalue weighted by atomic mass is 32.2. The van der Waals surface area contributed by atoms with Crippen molar-refractivity contribution in [3.05, 3.63) is 59.4 Å². The molecule has 2 aliphatic rings. The number of hydrogen-bond donors (Lipinski definition) is 2. The third-order valence-corrected chi connectivity index (χ3v) is 9.24. The predicted octanol–water partition coefficient (Wildman–Crippen LogP) is 3.37. The van der Waals surface area contributed by atoms with Crippen molar-refractivity contribution in [2.75, 3.05) is 17.4 Å². The minimum Gasteiger partial charge on any atom is -0.369 e. The van der Waals surface area contributed by atoms with Crippen LogP contribution in [0.5, 0.6) is 0 Å². The van der Waals surface area contributed by atoms with Crippen LogP contribution in [0.4, 0.5) is 36.4 Å². The van der Waals surface area contributed by atoms with Crippen LogP contribution in [0.2, 0.25) is 0 Å². The average Bonchev–Trinajstić information content (AvgIpc) is 3.37. The Morgan fingerprint density at radius 3 is 2.12 bits per heavy atom. The molecule has 16 heteroatoms. The molecule has 8 nitrogen and oxygen atoms in total. The van der Waals surface area contributed by atoms with Gasteiger partial charge in [0.1, 0.15) is 5.82 Å². The number of hydrogen-bond acceptors (Lipinski definition) is 5. The third-order valence-electron chi connectivity index (χ3n) is 7.36. The van der Waals surface area contributed by atoms with E-state index in [4.69, 9.17) is 5.73 Å². The highest BCUT2D eigenvalue weighted by Gasteiger charge is 2.71. The molecule has 0 aromatic heterocycles. The van der Waals surface area contributed by atoms with Gasteiger partial charge in [0.2, 0.25) is 11.8 Å². The number of sulfonamides is 1. The van der Waals surface area contributed by atoms with Crippen molar-refractivity contribution in [1.29, 1.82) is 0 Å². The van der Waals surface area contributed by atoms with E-state index in [1.54, 1.807) is 0 Å². The van der Waals surface area contributed by atoms with Crippen LogP contribution in [0.25, 0.3) is 0 Å². The quantitative estimate of drug-likeness (QED) is 0.486. The standard InChI is InChI=1S/C25H24F7N3O5S/c26-17-3-6-19(7-4-17)41(39,40)35-18(12-21(36)34-10-9-15(13-34)22(33)37)5-1-14-11-16(2-8-20(14)35)23(38,24(27,28)29)25(30,31)32/h2-4,6-8,11,15,18,38H,1,5,9-10,12-13H2,(H2,33,37). The number of halogens is 7. The molecule has 4 rings (SSSR count). The number of rotatable bonds is 6. The molecule has 2 aliphatic heterocycles. The summed E-state index contributed by atoms with van der Waals surface area (Å²) in [6.07, 6.45) is -12.8. The lowest BCUT2D eigenvalue weighted by Gasteiger charge is -2.39. The molecule has 2 heterocycles. The van der Waals surface area contributed by atoms with Crippen molar-refractivity contribution < 1.29 is 53.8 Å². The van der Waals surface area contributed by atoms with Crippen LogP contribution < -0.4 is 10.0 Å². The van der Waals surface area contributed by atoms with Gasteiger partial charge in [-0.05, 0) is 55.2 Å². The van der Waals surface area contributed by atoms with Gasteiger partial charge in [-0.1, -0.05) is 12.1 Å². The molecule has 0 radical (unpaired) electrons. The molecule has 0 bridgehead atoms. The molecule has 41 heavy (non-hydrogen) atoms. The zero-order chi connectivity index (χ0) is 30.5. The summed E-state index contributed by atoms with van der Waals surface area (Å²) >= 11 is 0. The molecule has 2 atom stereocenters. The van der Waals surface area contributed by atoms with Crippen LogP contribution in [-0.4, -0.2) is 61.7 Å². The molecule has 3 N–H and O–H groups in total. The number of fused-ring (bicyclic) bond motifs is 1. The van der Waals surface area contributed by atoms with Crippen molar-refractivity contribution in [3.63, 3.8) is 0 Å². The Labute approximate surface area is 229 Å². The Hall–Kier alpha value is -3.40. The predicted molar refractivity (Wildman–Crippen MR) is 129 cm³/mol. The van der Waals surface area contributed by atoms with Gasteiger partial charge in [-0.25, -0.2) is 12.8 Å². The summed E-state index contributed by atoms with van der Waals surface area (Å²) in [6.45, 7) is 0.191. The summed E-state index contributed by atoms with van der Waals surface area (Å²) in [5.74, 6) is -2.51. The van der Waals surface area contributed by atoms with Crippen molar-refractivity contribution in [2.45, 2.75) is 54.6 Å². The third kappa shape index (κ3) is 5.46. The second-order valence-corrected chi connectivity index (χ2v) is 11.7. The molecule has 2 aromatic carbocycles. The highest BCUT2D eigenvalue weighted by Crippen LogP contribution is 2.51. The van der Waals surface area contributed by atoms with Crippen molar-refractivity contribution in [2.24, 2.45) is 11.7 Å². The summed E-state index contributed by atoms with van der Waals surface area (Å²) in [7, 11) is -4.62. The SMILES string of the molecule is NC(=O)C1CCN(C(=O)CC2CCc3cc(C(O)(C(F)(F)F)C(F)(F)F)ccc3N2S(=O)(=O)c2ccc(F)cc2)C1. The minimum absolute atomic E-state index is 0.0129. The van der Waals surface area contributed by atoms with E-state index in [1.807, 2.05) is 0 Å². The number of benzene rings is 2. The van der Waals surface area contributed by atoms with E-state index in [0.717, 1.165) is 28.6 Å². The van der Waals surface area contributed by atoms with E-state index in [1.165, 1.54) is 4.90 Å². The number of carbonyl (C=O) groups is 2. The van der Waals surface area contributed by atoms with Crippen LogP contribution in [0.3, 0.4) is 0 Å². The van der Waals surface area contributed by atoms with Crippen LogP contribution in [-0.2, 0) is 31.6 Å². The Morgan fingerprint density at radius 2 is 1.59 bits per heavy atom. The lowest BCUT2D eigenvalue weighted by molar-refractivity contribution is -0.376. The van der Waals surface area contributed by atoms with Gasteiger partial charge in [-0.15, -0.1) is 0 Å². The first kappa shape index (κ1) is 30.6. The lowest BCUT2D eigenvalue weighted by atomic mass is 9.87. The van der Waals surface area contributed by atoms with Crippen LogP contribution in [0.1, 0.15) is 30.4 Å². The maximum atomic E-state index is 13.7. The topological polar surface area (TPSA) is 121 Å². The molecular weight excluding hydrogens is 587 g/mol. The monoisotopic (exact) mass is 611 g/mol. The fourth-order valence-electron chi connectivity index (χ4n) is 5.13. The highest BCUT2D eigenvalue weighted by molar-refractivity contribution is 7.92. The number of carbonyl (C=O) groups excluding carboxylic acids is 2. The summed E-state index contributed by atoms with van der Waals surface area (Å²) < 4.78 is 123. The summed E-state index contributed by atoms with van der Waals surface area (Å²) in [4.78, 5) is 25.5. The molecular formula is C25H24F7N3O5S. The van der Waals surface area contributed by atoms with Crippen molar-refractivity contribution >= 4 is 27.5 Å². The maximum absolute atomic E-state index is 13.7. The second kappa shape index (κ2) is 10.5. The van der Waals surface area contributed by atoms with E-state index >= 15 is 0 Å². The second-order valence-electron chi connectivity index (χ2n) is 9.93. The van der Waals surface area contributed by atoms with Crippen LogP contribution >= 0.6 is 0 Å². The largest absolute Gasteiger partial charge is 0.430 e. The van der Waals surface area contributed by atoms with Gasteiger partial charge in [0, 0.05) is 25.1 Å². The number of alkyl halides is 6. The number of anilines is 1. The molecule has 2 unspecified atom stereocenters. The fraction of sp³-hybridized carbons (Fsp3) is 0.440. The van der Waals surface area contributed by atoms with E-state index in [0.29, 0.717) is 24.6 Å². The Bertz CT molecular complexity index is 1430. The molecule has 1 fully saturated rings. The number of primary amides is 1. The van der Waals surface area contributed by atoms with Gasteiger partial charge in [0.25, 0.3) is 15.6 Å². The van der Waals surface area contributed by atoms with Gasteiger partial charge in [0.05, 0.1) is 22.5 Å². The van der Waals surface area contributed by atoms with E-state index in [2.05, 4.69) is 0 Å². The number of amides is 2. The van der Waals surface area contributed by atoms with E-state index in [9.17, 15) is 53.8 Å². The lowest BCUT2D eigenvalue weighted by Crippen LogP contribution is -2.54. The fourth-order valence-corrected chi connectivity index (χ4v) is 6.85. The first-order valence-electron chi connectivity index (χ1n) is 12.2. The van der Waals surface area contributed by atoms with Crippen LogP contribution in [0.15, 0.2) is 47.4 Å². The van der Waals surface area contributed by atoms with Crippen molar-refractivity contribution in [1.82, 2.24) is 4.90 Å². The normalized spacial score (nSPS) is 20.2. The molecule has 2 amide bonds. The molecule has 2 aromatic rings. The molecule has 0 saturated carbocycles. The zero-order valence-electron chi connectivity index (χ0n) is 21.0. The number of likely N-dealkylation sites (tertiary alicyclic amines) is 1. The average molecular weight is 612 g/mol. The smallest absolute Gasteiger partial charge is 0.369 e. The van der Waals surface area contributed by atoms with Gasteiger partial charge in [-0.2, -0.15) is 26.3 Å². The zero-order valence-corrected chi connectivity index (χ0v) is 21.9. The van der Waals surface area contributed by atoms with Crippen molar-refractivity contribution in [3.8, 4) is 0 Å². The molecule has 224 valence electrons. The molecule has 0 aliphatic carbocycles. The van der Waals surface area contributed by atoms with E-state index < -0.39 is 74.4 Å². The van der Waals surface area contributed by atoms with Crippen LogP contribution in [0, 0.1) is 11.7 Å². The maximum Gasteiger partial charge on any atom is 0.430 e. The Morgan fingerprint density at radius 1 is 0.976 bits per heavy atom. The first-order valence-corrected chi connectivity index (χ1v) is 13.7. The Balaban J connectivity index is 1.78. The number of nitrogens with two attached hydrogens (primary N) is 1. The van der Waals surface area contributed by atoms with Gasteiger partial charge >= 0.3 is 12.4 Å². The number of aliphatic hydroxyl groups is 1. The molecule has 0 spiro atoms. The molecule has 1 saturated heterocycles. The summed E-state index contributed by atoms with van der Waals surface area (Å²) in [5, 5.41) is 9.84. The number of nitrogens with zero attached hydrogens (tertiary/aromatic N) is 2. The first-order chi connectivity index (χ1) is 18.9. The van der Waals surface area contributed by atoms with Gasteiger partial charge in [0.15, 0.2) is 0 Å². The summed E-state index contributed by atoms with van der Waals surface area (Å²) in [6, 6.07) is 3.90. The van der Waals surface area contributed by atoms with Gasteiger partial charge < -0.3 is 15.7 Å². The Kier molecular flexibility index (Phi) is 7.79. The number of aryl methyl sites for hydroxylation is 1. The minimum atomic E-state index is -6.15. The van der Waals surface area contributed by atoms with E-state index in [-0.39, 0.29) is 37.2 Å².